The van der Waals surface area contributed by atoms with Gasteiger partial charge < -0.3 is 24.5 Å². The Balaban J connectivity index is 1.56. The number of fused-ring (bicyclic) bond motifs is 1. The topological polar surface area (TPSA) is 101 Å². The predicted molar refractivity (Wildman–Crippen MR) is 138 cm³/mol. The number of rotatable bonds is 6. The zero-order chi connectivity index (χ0) is 24.5. The number of hydrogen-bond acceptors (Lipinski definition) is 7. The summed E-state index contributed by atoms with van der Waals surface area (Å²) in [5, 5.41) is 3.37. The lowest BCUT2D eigenvalue weighted by Gasteiger charge is -2.29. The zero-order valence-corrected chi connectivity index (χ0v) is 20.6. The van der Waals surface area contributed by atoms with Gasteiger partial charge in [0.25, 0.3) is 5.56 Å². The minimum Gasteiger partial charge on any atom is -0.378 e. The standard InChI is InChI=1S/C26H31N7O2/c1-16(2)33-15-28-22-24(27-14-21-17(3)12-18(4)29-26(21)34)30-23(31-25(22)33)19-6-5-7-20(13-19)32-8-10-35-11-9-32/h5-7,12-13,15-16H,8-11,14H2,1-4H3,(H,29,34)(H,27,30,31). The summed E-state index contributed by atoms with van der Waals surface area (Å²) in [6.45, 7) is 11.6. The van der Waals surface area contributed by atoms with E-state index in [-0.39, 0.29) is 11.6 Å². The second kappa shape index (κ2) is 9.50. The molecule has 0 radical (unpaired) electrons. The number of nitrogens with zero attached hydrogens (tertiary/aromatic N) is 5. The smallest absolute Gasteiger partial charge is 0.253 e. The first-order valence-corrected chi connectivity index (χ1v) is 12.0. The van der Waals surface area contributed by atoms with Gasteiger partial charge in [-0.25, -0.2) is 15.0 Å². The summed E-state index contributed by atoms with van der Waals surface area (Å²) in [7, 11) is 0. The molecule has 4 heterocycles. The molecule has 1 aromatic carbocycles. The summed E-state index contributed by atoms with van der Waals surface area (Å²) < 4.78 is 7.55. The number of aromatic amines is 1. The van der Waals surface area contributed by atoms with Gasteiger partial charge in [-0.3, -0.25) is 4.79 Å². The monoisotopic (exact) mass is 473 g/mol. The Morgan fingerprint density at radius 2 is 1.94 bits per heavy atom. The van der Waals surface area contributed by atoms with Crippen molar-refractivity contribution in [2.24, 2.45) is 0 Å². The van der Waals surface area contributed by atoms with Crippen LogP contribution >= 0.6 is 0 Å². The van der Waals surface area contributed by atoms with E-state index in [2.05, 4.69) is 46.2 Å². The maximum absolute atomic E-state index is 12.6. The minimum atomic E-state index is -0.0913. The third-order valence-corrected chi connectivity index (χ3v) is 6.38. The van der Waals surface area contributed by atoms with Crippen molar-refractivity contribution < 1.29 is 4.74 Å². The van der Waals surface area contributed by atoms with Crippen LogP contribution in [0.1, 0.15) is 36.7 Å². The summed E-state index contributed by atoms with van der Waals surface area (Å²) in [5.74, 6) is 1.23. The highest BCUT2D eigenvalue weighted by Gasteiger charge is 2.18. The highest BCUT2D eigenvalue weighted by molar-refractivity contribution is 5.85. The van der Waals surface area contributed by atoms with Crippen LogP contribution in [-0.2, 0) is 11.3 Å². The minimum absolute atomic E-state index is 0.0913. The zero-order valence-electron chi connectivity index (χ0n) is 20.6. The normalized spacial score (nSPS) is 14.1. The molecule has 0 amide bonds. The molecule has 182 valence electrons. The number of aromatic nitrogens is 5. The molecule has 9 nitrogen and oxygen atoms in total. The molecule has 9 heteroatoms. The van der Waals surface area contributed by atoms with E-state index < -0.39 is 0 Å². The van der Waals surface area contributed by atoms with Gasteiger partial charge in [-0.2, -0.15) is 0 Å². The number of imidazole rings is 1. The molecule has 0 unspecified atom stereocenters. The maximum Gasteiger partial charge on any atom is 0.253 e. The molecule has 1 aliphatic rings. The Morgan fingerprint density at radius 1 is 1.14 bits per heavy atom. The number of benzene rings is 1. The molecule has 1 fully saturated rings. The van der Waals surface area contributed by atoms with Crippen molar-refractivity contribution in [3.63, 3.8) is 0 Å². The molecular weight excluding hydrogens is 442 g/mol. The number of H-pyrrole nitrogens is 1. The van der Waals surface area contributed by atoms with Gasteiger partial charge >= 0.3 is 0 Å². The maximum atomic E-state index is 12.6. The average molecular weight is 474 g/mol. The van der Waals surface area contributed by atoms with Crippen molar-refractivity contribution in [3.8, 4) is 11.4 Å². The van der Waals surface area contributed by atoms with E-state index in [0.717, 1.165) is 54.5 Å². The Bertz CT molecular complexity index is 1420. The van der Waals surface area contributed by atoms with Gasteiger partial charge in [-0.05, 0) is 51.5 Å². The highest BCUT2D eigenvalue weighted by atomic mass is 16.5. The molecule has 1 aliphatic heterocycles. The van der Waals surface area contributed by atoms with E-state index in [1.165, 1.54) is 0 Å². The summed E-state index contributed by atoms with van der Waals surface area (Å²) in [4.78, 5) is 32.1. The molecule has 35 heavy (non-hydrogen) atoms. The number of nitrogens with one attached hydrogen (secondary N) is 2. The van der Waals surface area contributed by atoms with Gasteiger partial charge in [0.05, 0.1) is 19.5 Å². The first kappa shape index (κ1) is 23.0. The number of anilines is 2. The van der Waals surface area contributed by atoms with Crippen LogP contribution in [0.25, 0.3) is 22.6 Å². The molecule has 3 aromatic heterocycles. The van der Waals surface area contributed by atoms with E-state index in [1.807, 2.05) is 36.6 Å². The van der Waals surface area contributed by atoms with Crippen molar-refractivity contribution in [1.82, 2.24) is 24.5 Å². The molecule has 0 atom stereocenters. The van der Waals surface area contributed by atoms with E-state index in [0.29, 0.717) is 29.3 Å². The Labute approximate surface area is 204 Å². The molecule has 0 saturated carbocycles. The van der Waals surface area contributed by atoms with Gasteiger partial charge in [-0.15, -0.1) is 0 Å². The Hall–Kier alpha value is -3.72. The molecular formula is C26H31N7O2. The van der Waals surface area contributed by atoms with Crippen molar-refractivity contribution in [3.05, 3.63) is 63.8 Å². The molecule has 5 rings (SSSR count). The fraction of sp³-hybridized carbons (Fsp3) is 0.385. The van der Waals surface area contributed by atoms with Crippen molar-refractivity contribution in [2.75, 3.05) is 36.5 Å². The lowest BCUT2D eigenvalue weighted by Crippen LogP contribution is -2.36. The van der Waals surface area contributed by atoms with Crippen LogP contribution < -0.4 is 15.8 Å². The van der Waals surface area contributed by atoms with Crippen molar-refractivity contribution >= 4 is 22.7 Å². The van der Waals surface area contributed by atoms with Gasteiger partial charge in [0.2, 0.25) is 0 Å². The van der Waals surface area contributed by atoms with Crippen molar-refractivity contribution in [2.45, 2.75) is 40.3 Å². The number of pyridine rings is 1. The summed E-state index contributed by atoms with van der Waals surface area (Å²) in [6.07, 6.45) is 1.80. The van der Waals surface area contributed by atoms with Crippen LogP contribution in [0.5, 0.6) is 0 Å². The fourth-order valence-corrected chi connectivity index (χ4v) is 4.48. The average Bonchev–Trinajstić information content (AvgIpc) is 3.28. The fourth-order valence-electron chi connectivity index (χ4n) is 4.48. The molecule has 0 spiro atoms. The third-order valence-electron chi connectivity index (χ3n) is 6.38. The van der Waals surface area contributed by atoms with Crippen molar-refractivity contribution in [1.29, 1.82) is 0 Å². The van der Waals surface area contributed by atoms with Crippen LogP contribution in [0.4, 0.5) is 11.5 Å². The van der Waals surface area contributed by atoms with E-state index >= 15 is 0 Å². The van der Waals surface area contributed by atoms with Gasteiger partial charge in [0, 0.05) is 48.2 Å². The van der Waals surface area contributed by atoms with Crippen LogP contribution in [0.15, 0.2) is 41.5 Å². The van der Waals surface area contributed by atoms with E-state index in [4.69, 9.17) is 14.7 Å². The van der Waals surface area contributed by atoms with Crippen LogP contribution in [-0.4, -0.2) is 50.8 Å². The molecule has 1 saturated heterocycles. The lowest BCUT2D eigenvalue weighted by atomic mass is 10.1. The molecule has 0 bridgehead atoms. The van der Waals surface area contributed by atoms with Crippen LogP contribution in [0.3, 0.4) is 0 Å². The van der Waals surface area contributed by atoms with Crippen LogP contribution in [0.2, 0.25) is 0 Å². The van der Waals surface area contributed by atoms with E-state index in [9.17, 15) is 4.79 Å². The number of morpholine rings is 1. The third kappa shape index (κ3) is 4.64. The second-order valence-corrected chi connectivity index (χ2v) is 9.26. The lowest BCUT2D eigenvalue weighted by molar-refractivity contribution is 0.122. The Kier molecular flexibility index (Phi) is 6.25. The summed E-state index contributed by atoms with van der Waals surface area (Å²) in [6, 6.07) is 10.5. The van der Waals surface area contributed by atoms with E-state index in [1.54, 1.807) is 6.33 Å². The number of aryl methyl sites for hydroxylation is 2. The Morgan fingerprint density at radius 3 is 2.69 bits per heavy atom. The second-order valence-electron chi connectivity index (χ2n) is 9.26. The van der Waals surface area contributed by atoms with Gasteiger partial charge in [-0.1, -0.05) is 12.1 Å². The first-order valence-electron chi connectivity index (χ1n) is 12.0. The summed E-state index contributed by atoms with van der Waals surface area (Å²) >= 11 is 0. The SMILES string of the molecule is Cc1cc(C)c(CNc2nc(-c3cccc(N4CCOCC4)c3)nc3c2ncn3C(C)C)c(=O)[nH]1. The predicted octanol–water partition coefficient (Wildman–Crippen LogP) is 3.83. The van der Waals surface area contributed by atoms with Gasteiger partial charge in [0.1, 0.15) is 5.52 Å². The number of ether oxygens (including phenoxy) is 1. The summed E-state index contributed by atoms with van der Waals surface area (Å²) in [5.41, 5.74) is 5.89. The molecule has 2 N–H and O–H groups in total. The molecule has 4 aromatic rings. The van der Waals surface area contributed by atoms with Gasteiger partial charge in [0.15, 0.2) is 17.3 Å². The quantitative estimate of drug-likeness (QED) is 0.439. The van der Waals surface area contributed by atoms with Crippen LogP contribution in [0, 0.1) is 13.8 Å². The molecule has 0 aliphatic carbocycles. The largest absolute Gasteiger partial charge is 0.378 e. The highest BCUT2D eigenvalue weighted by Crippen LogP contribution is 2.28. The number of hydrogen-bond donors (Lipinski definition) is 2. The first-order chi connectivity index (χ1) is 16.9.